The molecule has 2 aromatic carbocycles. The number of nitrogens with two attached hydrogens (primary N) is 2. The van der Waals surface area contributed by atoms with Gasteiger partial charge in [0, 0.05) is 12.6 Å². The van der Waals surface area contributed by atoms with Crippen LogP contribution in [0.1, 0.15) is 16.4 Å². The van der Waals surface area contributed by atoms with Crippen molar-refractivity contribution in [2.24, 2.45) is 0 Å². The summed E-state index contributed by atoms with van der Waals surface area (Å²) in [6.45, 7) is 0.281. The summed E-state index contributed by atoms with van der Waals surface area (Å²) >= 11 is 1.16. The van der Waals surface area contributed by atoms with E-state index in [1.54, 1.807) is 12.1 Å². The highest BCUT2D eigenvalue weighted by atomic mass is 32.2. The van der Waals surface area contributed by atoms with Crippen molar-refractivity contribution in [3.63, 3.8) is 0 Å². The van der Waals surface area contributed by atoms with Gasteiger partial charge in [-0.2, -0.15) is 0 Å². The summed E-state index contributed by atoms with van der Waals surface area (Å²) in [5.41, 5.74) is 13.0. The van der Waals surface area contributed by atoms with E-state index in [4.69, 9.17) is 11.5 Å². The molecular weight excluding hydrogens is 365 g/mol. The molecule has 0 aliphatic heterocycles. The first-order valence-corrected chi connectivity index (χ1v) is 9.03. The summed E-state index contributed by atoms with van der Waals surface area (Å²) in [5, 5.41) is 2.59. The van der Waals surface area contributed by atoms with Gasteiger partial charge in [0.05, 0.1) is 0 Å². The third kappa shape index (κ3) is 5.18. The molecule has 0 aliphatic carbocycles. The number of carbonyl (C=O) groups is 1. The Balaban J connectivity index is 1.78. The fourth-order valence-electron chi connectivity index (χ4n) is 2.40. The van der Waals surface area contributed by atoms with Crippen LogP contribution in [-0.2, 0) is 11.3 Å². The molecule has 1 atom stereocenters. The normalized spacial score (nSPS) is 11.7. The van der Waals surface area contributed by atoms with E-state index in [1.165, 1.54) is 18.2 Å². The Morgan fingerprint density at radius 3 is 2.30 bits per heavy atom. The number of hydrogen-bond acceptors (Lipinski definition) is 6. The lowest BCUT2D eigenvalue weighted by Gasteiger charge is -2.16. The minimum atomic E-state index is -0.590. The van der Waals surface area contributed by atoms with E-state index in [2.05, 4.69) is 15.3 Å². The lowest BCUT2D eigenvalue weighted by atomic mass is 10.1. The van der Waals surface area contributed by atoms with Crippen LogP contribution in [0.25, 0.3) is 0 Å². The van der Waals surface area contributed by atoms with E-state index >= 15 is 0 Å². The van der Waals surface area contributed by atoms with E-state index in [9.17, 15) is 9.18 Å². The highest BCUT2D eigenvalue weighted by Crippen LogP contribution is 2.34. The number of nitrogens with one attached hydrogen (secondary N) is 1. The Morgan fingerprint density at radius 1 is 1.04 bits per heavy atom. The van der Waals surface area contributed by atoms with E-state index in [-0.39, 0.29) is 29.9 Å². The largest absolute Gasteiger partial charge is 0.383 e. The highest BCUT2D eigenvalue weighted by molar-refractivity contribution is 8.00. The van der Waals surface area contributed by atoms with Gasteiger partial charge in [-0.05, 0) is 23.3 Å². The van der Waals surface area contributed by atoms with E-state index in [1.807, 2.05) is 30.3 Å². The maximum atomic E-state index is 13.0. The smallest absolute Gasteiger partial charge is 0.238 e. The monoisotopic (exact) mass is 383 g/mol. The topological polar surface area (TPSA) is 107 Å². The van der Waals surface area contributed by atoms with Crippen molar-refractivity contribution in [3.05, 3.63) is 77.6 Å². The highest BCUT2D eigenvalue weighted by Gasteiger charge is 2.23. The van der Waals surface area contributed by atoms with Crippen molar-refractivity contribution >= 4 is 29.3 Å². The van der Waals surface area contributed by atoms with Gasteiger partial charge in [0.1, 0.15) is 22.7 Å². The summed E-state index contributed by atoms with van der Waals surface area (Å²) in [4.78, 5) is 21.1. The molecule has 0 bridgehead atoms. The maximum Gasteiger partial charge on any atom is 0.238 e. The molecule has 138 valence electrons. The third-order valence-electron chi connectivity index (χ3n) is 3.69. The number of hydrogen-bond donors (Lipinski definition) is 3. The predicted octanol–water partition coefficient (Wildman–Crippen LogP) is 2.93. The van der Waals surface area contributed by atoms with Crippen molar-refractivity contribution in [1.29, 1.82) is 0 Å². The Kier molecular flexibility index (Phi) is 5.87. The summed E-state index contributed by atoms with van der Waals surface area (Å²) in [6, 6.07) is 16.7. The Hall–Kier alpha value is -3.13. The second kappa shape index (κ2) is 8.50. The van der Waals surface area contributed by atoms with Crippen LogP contribution < -0.4 is 16.8 Å². The first-order valence-electron chi connectivity index (χ1n) is 8.15. The van der Waals surface area contributed by atoms with Gasteiger partial charge >= 0.3 is 0 Å². The lowest BCUT2D eigenvalue weighted by Crippen LogP contribution is -2.27. The first kappa shape index (κ1) is 18.7. The van der Waals surface area contributed by atoms with Gasteiger partial charge < -0.3 is 16.8 Å². The lowest BCUT2D eigenvalue weighted by molar-refractivity contribution is -0.120. The molecule has 1 heterocycles. The molecule has 27 heavy (non-hydrogen) atoms. The summed E-state index contributed by atoms with van der Waals surface area (Å²) < 4.78 is 13.0. The Labute approximate surface area is 160 Å². The van der Waals surface area contributed by atoms with Gasteiger partial charge in [0.15, 0.2) is 5.16 Å². The van der Waals surface area contributed by atoms with Crippen LogP contribution in [0.3, 0.4) is 0 Å². The molecule has 0 radical (unpaired) electrons. The minimum Gasteiger partial charge on any atom is -0.383 e. The van der Waals surface area contributed by atoms with Crippen molar-refractivity contribution in [1.82, 2.24) is 15.3 Å². The zero-order valence-corrected chi connectivity index (χ0v) is 15.1. The third-order valence-corrected chi connectivity index (χ3v) is 4.80. The average Bonchev–Trinajstić information content (AvgIpc) is 2.65. The van der Waals surface area contributed by atoms with Crippen LogP contribution in [0.4, 0.5) is 16.0 Å². The Bertz CT molecular complexity index is 901. The number of nitrogen functional groups attached to an aromatic ring is 2. The number of anilines is 2. The number of rotatable bonds is 6. The van der Waals surface area contributed by atoms with Crippen LogP contribution in [-0.4, -0.2) is 15.9 Å². The predicted molar refractivity (Wildman–Crippen MR) is 104 cm³/mol. The van der Waals surface area contributed by atoms with E-state index in [0.717, 1.165) is 22.9 Å². The van der Waals surface area contributed by atoms with Crippen LogP contribution in [0.2, 0.25) is 0 Å². The maximum absolute atomic E-state index is 13.0. The van der Waals surface area contributed by atoms with E-state index in [0.29, 0.717) is 5.16 Å². The number of nitrogens with zero attached hydrogens (tertiary/aromatic N) is 2. The fourth-order valence-corrected chi connectivity index (χ4v) is 3.42. The van der Waals surface area contributed by atoms with Crippen LogP contribution in [0.5, 0.6) is 0 Å². The standard InChI is InChI=1S/C19H18FN5OS/c20-14-8-6-12(7-9-14)11-23-18(26)17(13-4-2-1-3-5-13)27-19-24-15(21)10-16(22)25-19/h1-10,17H,11H2,(H,23,26)(H4,21,22,24,25). The number of benzene rings is 2. The van der Waals surface area contributed by atoms with Crippen LogP contribution >= 0.6 is 11.8 Å². The summed E-state index contributed by atoms with van der Waals surface area (Å²) in [6.07, 6.45) is 0. The molecule has 1 amide bonds. The molecule has 0 aliphatic rings. The molecule has 0 fully saturated rings. The number of aromatic nitrogens is 2. The zero-order valence-electron chi connectivity index (χ0n) is 14.3. The minimum absolute atomic E-state index is 0.222. The van der Waals surface area contributed by atoms with Gasteiger partial charge in [-0.1, -0.05) is 54.2 Å². The molecule has 6 nitrogen and oxygen atoms in total. The van der Waals surface area contributed by atoms with Crippen molar-refractivity contribution in [3.8, 4) is 0 Å². The molecule has 5 N–H and O–H groups in total. The quantitative estimate of drug-likeness (QED) is 0.446. The first-order chi connectivity index (χ1) is 13.0. The number of amides is 1. The van der Waals surface area contributed by atoms with Gasteiger partial charge in [-0.3, -0.25) is 4.79 Å². The zero-order chi connectivity index (χ0) is 19.2. The molecule has 8 heteroatoms. The SMILES string of the molecule is Nc1cc(N)nc(SC(C(=O)NCc2ccc(F)cc2)c2ccccc2)n1. The molecular formula is C19H18FN5OS. The van der Waals surface area contributed by atoms with Crippen molar-refractivity contribution in [2.45, 2.75) is 17.0 Å². The number of thioether (sulfide) groups is 1. The van der Waals surface area contributed by atoms with Gasteiger partial charge in [0.2, 0.25) is 5.91 Å². The fraction of sp³-hybridized carbons (Fsp3) is 0.105. The van der Waals surface area contributed by atoms with Gasteiger partial charge in [-0.25, -0.2) is 14.4 Å². The summed E-state index contributed by atoms with van der Waals surface area (Å²) in [7, 11) is 0. The molecule has 3 rings (SSSR count). The second-order valence-corrected chi connectivity index (χ2v) is 6.83. The van der Waals surface area contributed by atoms with Crippen LogP contribution in [0, 0.1) is 5.82 Å². The average molecular weight is 383 g/mol. The van der Waals surface area contributed by atoms with Crippen molar-refractivity contribution in [2.75, 3.05) is 11.5 Å². The van der Waals surface area contributed by atoms with Gasteiger partial charge in [-0.15, -0.1) is 0 Å². The summed E-state index contributed by atoms with van der Waals surface area (Å²) in [5.74, 6) is -0.0635. The van der Waals surface area contributed by atoms with Crippen LogP contribution in [0.15, 0.2) is 65.8 Å². The van der Waals surface area contributed by atoms with Gasteiger partial charge in [0.25, 0.3) is 0 Å². The molecule has 0 saturated heterocycles. The molecule has 3 aromatic rings. The second-order valence-electron chi connectivity index (χ2n) is 5.75. The Morgan fingerprint density at radius 2 is 1.67 bits per heavy atom. The number of halogens is 1. The van der Waals surface area contributed by atoms with Crippen molar-refractivity contribution < 1.29 is 9.18 Å². The molecule has 0 saturated carbocycles. The number of carbonyl (C=O) groups excluding carboxylic acids is 1. The molecule has 0 spiro atoms. The molecule has 1 unspecified atom stereocenters. The van der Waals surface area contributed by atoms with E-state index < -0.39 is 5.25 Å². The molecule has 1 aromatic heterocycles.